The van der Waals surface area contributed by atoms with Crippen molar-refractivity contribution in [2.75, 3.05) is 6.61 Å². The summed E-state index contributed by atoms with van der Waals surface area (Å²) in [6.07, 6.45) is -0.187. The number of esters is 3. The molecule has 0 N–H and O–H groups in total. The lowest BCUT2D eigenvalue weighted by atomic mass is 9.80. The number of fused-ring (bicyclic) bond motifs is 3. The van der Waals surface area contributed by atoms with Gasteiger partial charge in [-0.3, -0.25) is 9.59 Å². The lowest BCUT2D eigenvalue weighted by Gasteiger charge is -2.32. The fraction of sp³-hybridized carbons (Fsp3) is 0.667. The molecule has 3 fully saturated rings. The molecular formula is C15H15F2O9S-. The zero-order chi connectivity index (χ0) is 20.4. The second-order valence-corrected chi connectivity index (χ2v) is 8.62. The minimum atomic E-state index is -6.02. The standard InChI is InChI=1S/C15H16F2O9S/c1-7(2)10(18)25-14-3-8(13(5-14)4-9(14)12(20)26-13)11(19)24-6-15(16,17)27(21,22)23/h8-9H,1,3-6H2,2H3,(H,21,22,23)/p-1. The van der Waals surface area contributed by atoms with Gasteiger partial charge in [0.15, 0.2) is 16.7 Å². The molecule has 0 aromatic heterocycles. The summed E-state index contributed by atoms with van der Waals surface area (Å²) in [6.45, 7) is 2.87. The number of carbonyl (C=O) groups is 3. The highest BCUT2D eigenvalue weighted by Gasteiger charge is 2.77. The minimum Gasteiger partial charge on any atom is -0.743 e. The Morgan fingerprint density at radius 3 is 2.59 bits per heavy atom. The lowest BCUT2D eigenvalue weighted by Crippen LogP contribution is -2.43. The summed E-state index contributed by atoms with van der Waals surface area (Å²) < 4.78 is 72.8. The molecule has 2 aliphatic carbocycles. The maximum Gasteiger partial charge on any atom is 0.367 e. The van der Waals surface area contributed by atoms with E-state index in [1.54, 1.807) is 0 Å². The van der Waals surface area contributed by atoms with Crippen LogP contribution < -0.4 is 0 Å². The van der Waals surface area contributed by atoms with Gasteiger partial charge in [-0.1, -0.05) is 6.58 Å². The van der Waals surface area contributed by atoms with E-state index in [1.807, 2.05) is 0 Å². The average Bonchev–Trinajstić information content (AvgIpc) is 3.11. The third-order valence-electron chi connectivity index (χ3n) is 5.23. The van der Waals surface area contributed by atoms with Gasteiger partial charge in [0.2, 0.25) is 0 Å². The Balaban J connectivity index is 1.79. The molecule has 1 aliphatic heterocycles. The summed E-state index contributed by atoms with van der Waals surface area (Å²) in [5, 5.41) is -4.79. The summed E-state index contributed by atoms with van der Waals surface area (Å²) >= 11 is 0. The van der Waals surface area contributed by atoms with Crippen molar-refractivity contribution in [3.63, 3.8) is 0 Å². The van der Waals surface area contributed by atoms with Crippen LogP contribution >= 0.6 is 0 Å². The van der Waals surface area contributed by atoms with Crippen LogP contribution in [-0.4, -0.2) is 53.9 Å². The number of halogens is 2. The van der Waals surface area contributed by atoms with Crippen LogP contribution in [0.5, 0.6) is 0 Å². The predicted octanol–water partition coefficient (Wildman–Crippen LogP) is 0.251. The van der Waals surface area contributed by atoms with Gasteiger partial charge in [0.25, 0.3) is 0 Å². The number of hydrogen-bond acceptors (Lipinski definition) is 9. The van der Waals surface area contributed by atoms with Gasteiger partial charge in [-0.05, 0) is 6.92 Å². The molecule has 1 spiro atoms. The topological polar surface area (TPSA) is 136 Å². The number of hydrogen-bond donors (Lipinski definition) is 0. The van der Waals surface area contributed by atoms with E-state index in [9.17, 15) is 36.1 Å². The Morgan fingerprint density at radius 1 is 1.41 bits per heavy atom. The Labute approximate surface area is 152 Å². The van der Waals surface area contributed by atoms with Crippen molar-refractivity contribution in [3.05, 3.63) is 12.2 Å². The van der Waals surface area contributed by atoms with Gasteiger partial charge < -0.3 is 18.8 Å². The summed E-state index contributed by atoms with van der Waals surface area (Å²) in [5.74, 6) is -4.75. The van der Waals surface area contributed by atoms with E-state index < -0.39 is 62.9 Å². The van der Waals surface area contributed by atoms with Gasteiger partial charge in [0.05, 0.1) is 0 Å². The van der Waals surface area contributed by atoms with Crippen LogP contribution in [0.25, 0.3) is 0 Å². The molecule has 0 radical (unpaired) electrons. The monoisotopic (exact) mass is 409 g/mol. The van der Waals surface area contributed by atoms with Gasteiger partial charge in [0, 0.05) is 24.8 Å². The molecule has 0 aromatic carbocycles. The summed E-state index contributed by atoms with van der Waals surface area (Å²) in [7, 11) is -6.02. The van der Waals surface area contributed by atoms with Crippen molar-refractivity contribution < 1.29 is 50.3 Å². The van der Waals surface area contributed by atoms with Crippen LogP contribution in [-0.2, 0) is 38.7 Å². The fourth-order valence-corrected chi connectivity index (χ4v) is 4.21. The van der Waals surface area contributed by atoms with Gasteiger partial charge in [-0.25, -0.2) is 13.2 Å². The largest absolute Gasteiger partial charge is 0.743 e. The third-order valence-corrected chi connectivity index (χ3v) is 6.08. The van der Waals surface area contributed by atoms with Crippen LogP contribution in [0.2, 0.25) is 0 Å². The smallest absolute Gasteiger partial charge is 0.367 e. The zero-order valence-corrected chi connectivity index (χ0v) is 14.8. The van der Waals surface area contributed by atoms with Gasteiger partial charge in [-0.15, -0.1) is 0 Å². The first-order valence-electron chi connectivity index (χ1n) is 7.85. The van der Waals surface area contributed by atoms with E-state index >= 15 is 0 Å². The molecule has 4 atom stereocenters. The van der Waals surface area contributed by atoms with E-state index in [4.69, 9.17) is 9.47 Å². The molecule has 12 heteroatoms. The number of carbonyl (C=O) groups excluding carboxylic acids is 3. The van der Waals surface area contributed by atoms with E-state index in [0.717, 1.165) is 0 Å². The van der Waals surface area contributed by atoms with Crippen LogP contribution in [0.1, 0.15) is 26.2 Å². The number of ether oxygens (including phenoxy) is 3. The van der Waals surface area contributed by atoms with Crippen molar-refractivity contribution in [3.8, 4) is 0 Å². The maximum atomic E-state index is 13.2. The van der Waals surface area contributed by atoms with E-state index in [1.165, 1.54) is 6.92 Å². The van der Waals surface area contributed by atoms with Gasteiger partial charge >= 0.3 is 23.2 Å². The van der Waals surface area contributed by atoms with Crippen molar-refractivity contribution in [1.29, 1.82) is 0 Å². The molecule has 9 nitrogen and oxygen atoms in total. The van der Waals surface area contributed by atoms with Crippen molar-refractivity contribution >= 4 is 28.0 Å². The molecule has 4 unspecified atom stereocenters. The highest BCUT2D eigenvalue weighted by Crippen LogP contribution is 2.65. The summed E-state index contributed by atoms with van der Waals surface area (Å²) in [5.41, 5.74) is -2.65. The summed E-state index contributed by atoms with van der Waals surface area (Å²) in [4.78, 5) is 36.2. The average molecular weight is 409 g/mol. The predicted molar refractivity (Wildman–Crippen MR) is 78.9 cm³/mol. The van der Waals surface area contributed by atoms with Crippen LogP contribution in [0, 0.1) is 11.8 Å². The second kappa shape index (κ2) is 5.71. The van der Waals surface area contributed by atoms with Crippen molar-refractivity contribution in [1.82, 2.24) is 0 Å². The fourth-order valence-electron chi connectivity index (χ4n) is 4.01. The first kappa shape index (κ1) is 19.7. The Morgan fingerprint density at radius 2 is 2.04 bits per heavy atom. The van der Waals surface area contributed by atoms with E-state index in [2.05, 4.69) is 11.3 Å². The number of rotatable bonds is 6. The molecule has 27 heavy (non-hydrogen) atoms. The second-order valence-electron chi connectivity index (χ2n) is 7.11. The lowest BCUT2D eigenvalue weighted by molar-refractivity contribution is -0.175. The van der Waals surface area contributed by atoms with Crippen molar-refractivity contribution in [2.24, 2.45) is 11.8 Å². The molecule has 3 rings (SSSR count). The third kappa shape index (κ3) is 2.90. The van der Waals surface area contributed by atoms with E-state index in [-0.39, 0.29) is 24.8 Å². The molecule has 1 heterocycles. The quantitative estimate of drug-likeness (QED) is 0.262. The van der Waals surface area contributed by atoms with Crippen LogP contribution in [0.3, 0.4) is 0 Å². The SMILES string of the molecule is C=C(C)C(=O)OC12CC(C(=O)OCC(F)(F)S(=O)(=O)[O-])C3(CC1C(=O)O3)C2. The van der Waals surface area contributed by atoms with Crippen LogP contribution in [0.15, 0.2) is 12.2 Å². The first-order valence-corrected chi connectivity index (χ1v) is 9.25. The molecule has 3 aliphatic rings. The molecule has 2 saturated carbocycles. The Hall–Kier alpha value is -2.08. The Bertz CT molecular complexity index is 851. The minimum absolute atomic E-state index is 0.00849. The molecule has 150 valence electrons. The van der Waals surface area contributed by atoms with Crippen LogP contribution in [0.4, 0.5) is 8.78 Å². The number of alkyl halides is 2. The maximum absolute atomic E-state index is 13.2. The zero-order valence-electron chi connectivity index (χ0n) is 14.0. The molecular weight excluding hydrogens is 394 g/mol. The van der Waals surface area contributed by atoms with Gasteiger partial charge in [-0.2, -0.15) is 8.78 Å². The van der Waals surface area contributed by atoms with Gasteiger partial charge in [0.1, 0.15) is 23.0 Å². The molecule has 1 saturated heterocycles. The summed E-state index contributed by atoms with van der Waals surface area (Å²) in [6, 6.07) is 0. The van der Waals surface area contributed by atoms with Crippen molar-refractivity contribution in [2.45, 2.75) is 42.6 Å². The van der Waals surface area contributed by atoms with E-state index in [0.29, 0.717) is 0 Å². The first-order chi connectivity index (χ1) is 12.2. The normalized spacial score (nSPS) is 34.3. The molecule has 3 bridgehead atoms. The molecule has 0 amide bonds. The highest BCUT2D eigenvalue weighted by molar-refractivity contribution is 7.86. The highest BCUT2D eigenvalue weighted by atomic mass is 32.2. The molecule has 0 aromatic rings. The Kier molecular flexibility index (Phi) is 4.16.